The highest BCUT2D eigenvalue weighted by atomic mass is 16.5. The highest BCUT2D eigenvalue weighted by Crippen LogP contribution is 2.43. The number of ether oxygens (including phenoxy) is 1. The first-order valence-electron chi connectivity index (χ1n) is 11.5. The summed E-state index contributed by atoms with van der Waals surface area (Å²) in [6, 6.07) is 8.56. The number of fused-ring (bicyclic) bond motifs is 3. The third kappa shape index (κ3) is 4.98. The number of aliphatic hydroxyl groups excluding tert-OH is 1. The molecular weight excluding hydrogens is 384 g/mol. The fourth-order valence-electron chi connectivity index (χ4n) is 5.06. The summed E-state index contributed by atoms with van der Waals surface area (Å²) in [5.41, 5.74) is 9.63. The molecule has 3 heterocycles. The Morgan fingerprint density at radius 1 is 1.29 bits per heavy atom. The summed E-state index contributed by atoms with van der Waals surface area (Å²) >= 11 is 0. The Labute approximate surface area is 185 Å². The van der Waals surface area contributed by atoms with Crippen LogP contribution in [0.4, 0.5) is 0 Å². The van der Waals surface area contributed by atoms with Crippen LogP contribution < -0.4 is 5.73 Å². The van der Waals surface area contributed by atoms with Crippen molar-refractivity contribution < 1.29 is 9.84 Å². The first-order chi connectivity index (χ1) is 15.0. The van der Waals surface area contributed by atoms with Gasteiger partial charge in [0.25, 0.3) is 0 Å². The van der Waals surface area contributed by atoms with Gasteiger partial charge in [0.2, 0.25) is 0 Å². The van der Waals surface area contributed by atoms with Crippen molar-refractivity contribution in [2.45, 2.75) is 76.2 Å². The lowest BCUT2D eigenvalue weighted by Crippen LogP contribution is -2.35. The van der Waals surface area contributed by atoms with E-state index in [0.29, 0.717) is 6.42 Å². The number of pyridine rings is 1. The Morgan fingerprint density at radius 2 is 2.16 bits per heavy atom. The molecule has 1 fully saturated rings. The first-order valence-corrected chi connectivity index (χ1v) is 11.5. The van der Waals surface area contributed by atoms with Gasteiger partial charge in [0.1, 0.15) is 0 Å². The number of rotatable bonds is 4. The van der Waals surface area contributed by atoms with Crippen LogP contribution in [0.3, 0.4) is 0 Å². The van der Waals surface area contributed by atoms with Gasteiger partial charge in [-0.1, -0.05) is 36.4 Å². The minimum Gasteiger partial charge on any atom is -0.389 e. The summed E-state index contributed by atoms with van der Waals surface area (Å²) in [7, 11) is 0. The monoisotopic (exact) mass is 418 g/mol. The van der Waals surface area contributed by atoms with E-state index in [4.69, 9.17) is 10.5 Å². The summed E-state index contributed by atoms with van der Waals surface area (Å²) in [4.78, 5) is 4.25. The number of allylic oxidation sites excluding steroid dienone is 3. The molecule has 0 unspecified atom stereocenters. The summed E-state index contributed by atoms with van der Waals surface area (Å²) in [5.74, 6) is 0. The zero-order valence-corrected chi connectivity index (χ0v) is 18.6. The molecule has 164 valence electrons. The van der Waals surface area contributed by atoms with Crippen LogP contribution in [0.2, 0.25) is 0 Å². The smallest absolute Gasteiger partial charge is 0.0935 e. The Bertz CT molecular complexity index is 1010. The molecular formula is C27H34N2O2. The Kier molecular flexibility index (Phi) is 6.71. The second-order valence-corrected chi connectivity index (χ2v) is 9.04. The third-order valence-corrected chi connectivity index (χ3v) is 6.80. The van der Waals surface area contributed by atoms with Gasteiger partial charge in [-0.2, -0.15) is 0 Å². The summed E-state index contributed by atoms with van der Waals surface area (Å²) in [5, 5.41) is 12.7. The van der Waals surface area contributed by atoms with Crippen molar-refractivity contribution in [1.82, 2.24) is 4.98 Å². The number of hydrogen-bond donors (Lipinski definition) is 2. The second kappa shape index (κ2) is 9.47. The molecule has 4 heteroatoms. The van der Waals surface area contributed by atoms with Crippen LogP contribution in [-0.2, 0) is 4.74 Å². The standard InChI is InChI=1S/C27H34N2O2/c1-3-23-8-9-25(30)16-24(28)17-26-10-13-27(23,31-26)12-4-5-19(2)21-7-6-20-11-14-29-18-22(20)15-21/h3,5-9,11,14-15,18,24-26,30H,4,10,12-13,16-17,28H2,1-2H3/b9-8+,19-5+,23-3-/t24-,25-,26-,27-/m1/s1. The maximum Gasteiger partial charge on any atom is 0.0935 e. The molecule has 2 aliphatic heterocycles. The van der Waals surface area contributed by atoms with E-state index in [1.165, 1.54) is 22.1 Å². The fourth-order valence-corrected chi connectivity index (χ4v) is 5.06. The lowest BCUT2D eigenvalue weighted by Gasteiger charge is -2.32. The maximum atomic E-state index is 10.3. The number of nitrogens with zero attached hydrogens (tertiary/aromatic N) is 1. The van der Waals surface area contributed by atoms with Gasteiger partial charge in [-0.05, 0) is 86.6 Å². The summed E-state index contributed by atoms with van der Waals surface area (Å²) in [6.45, 7) is 4.24. The van der Waals surface area contributed by atoms with Gasteiger partial charge in [-0.15, -0.1) is 0 Å². The van der Waals surface area contributed by atoms with Crippen LogP contribution in [-0.4, -0.2) is 33.9 Å². The fraction of sp³-hybridized carbons (Fsp3) is 0.444. The topological polar surface area (TPSA) is 68.4 Å². The molecule has 1 aromatic heterocycles. The second-order valence-electron chi connectivity index (χ2n) is 9.04. The van der Waals surface area contributed by atoms with E-state index >= 15 is 0 Å². The predicted octanol–water partition coefficient (Wildman–Crippen LogP) is 5.32. The first kappa shape index (κ1) is 21.9. The predicted molar refractivity (Wildman–Crippen MR) is 128 cm³/mol. The van der Waals surface area contributed by atoms with Gasteiger partial charge < -0.3 is 15.6 Å². The number of hydrogen-bond acceptors (Lipinski definition) is 4. The zero-order chi connectivity index (χ0) is 21.8. The maximum absolute atomic E-state index is 10.3. The van der Waals surface area contributed by atoms with E-state index in [1.807, 2.05) is 24.5 Å². The molecule has 0 spiro atoms. The molecule has 0 saturated carbocycles. The van der Waals surface area contributed by atoms with E-state index in [-0.39, 0.29) is 17.7 Å². The van der Waals surface area contributed by atoms with Crippen molar-refractivity contribution >= 4 is 16.3 Å². The molecule has 31 heavy (non-hydrogen) atoms. The zero-order valence-electron chi connectivity index (χ0n) is 18.6. The van der Waals surface area contributed by atoms with Crippen LogP contribution in [0.5, 0.6) is 0 Å². The number of benzene rings is 1. The van der Waals surface area contributed by atoms with Gasteiger partial charge in [0.15, 0.2) is 0 Å². The summed E-state index contributed by atoms with van der Waals surface area (Å²) in [6.07, 6.45) is 17.1. The van der Waals surface area contributed by atoms with E-state index < -0.39 is 6.10 Å². The van der Waals surface area contributed by atoms with Crippen LogP contribution in [0.15, 0.2) is 66.5 Å². The Morgan fingerprint density at radius 3 is 3.00 bits per heavy atom. The highest BCUT2D eigenvalue weighted by molar-refractivity contribution is 5.85. The number of nitrogens with two attached hydrogens (primary N) is 1. The third-order valence-electron chi connectivity index (χ3n) is 6.80. The minimum absolute atomic E-state index is 0.0304. The van der Waals surface area contributed by atoms with Crippen molar-refractivity contribution in [2.24, 2.45) is 5.73 Å². The van der Waals surface area contributed by atoms with Gasteiger partial charge in [-0.25, -0.2) is 0 Å². The molecule has 0 radical (unpaired) electrons. The lowest BCUT2D eigenvalue weighted by atomic mass is 9.84. The quantitative estimate of drug-likeness (QED) is 0.705. The molecule has 3 N–H and O–H groups in total. The summed E-state index contributed by atoms with van der Waals surface area (Å²) < 4.78 is 6.66. The molecule has 2 aliphatic rings. The molecule has 1 aromatic carbocycles. The van der Waals surface area contributed by atoms with Gasteiger partial charge in [-0.3, -0.25) is 4.98 Å². The SMILES string of the molecule is C/C=C1/C=C/[C@@H](O)C[C@@H](N)C[C@H]2CC[C@@]1(CC/C=C(\C)c1ccc3ccncc3c1)O2. The van der Waals surface area contributed by atoms with E-state index in [9.17, 15) is 5.11 Å². The molecule has 0 aliphatic carbocycles. The van der Waals surface area contributed by atoms with E-state index in [2.05, 4.69) is 55.3 Å². The van der Waals surface area contributed by atoms with Crippen LogP contribution in [0.25, 0.3) is 16.3 Å². The molecule has 2 bridgehead atoms. The van der Waals surface area contributed by atoms with E-state index in [0.717, 1.165) is 37.5 Å². The van der Waals surface area contributed by atoms with Crippen LogP contribution in [0, 0.1) is 0 Å². The molecule has 4 atom stereocenters. The van der Waals surface area contributed by atoms with Crippen LogP contribution >= 0.6 is 0 Å². The van der Waals surface area contributed by atoms with Gasteiger partial charge >= 0.3 is 0 Å². The molecule has 4 nitrogen and oxygen atoms in total. The molecule has 2 aromatic rings. The van der Waals surface area contributed by atoms with Crippen LogP contribution in [0.1, 0.15) is 57.9 Å². The molecule has 4 rings (SSSR count). The minimum atomic E-state index is -0.496. The van der Waals surface area contributed by atoms with Crippen molar-refractivity contribution in [3.63, 3.8) is 0 Å². The van der Waals surface area contributed by atoms with Crippen molar-refractivity contribution in [3.8, 4) is 0 Å². The number of aromatic nitrogens is 1. The number of aliphatic hydroxyl groups is 1. The largest absolute Gasteiger partial charge is 0.389 e. The van der Waals surface area contributed by atoms with Gasteiger partial charge in [0, 0.05) is 23.8 Å². The average Bonchev–Trinajstić information content (AvgIpc) is 3.16. The average molecular weight is 419 g/mol. The Balaban J connectivity index is 1.53. The molecule has 1 saturated heterocycles. The van der Waals surface area contributed by atoms with Crippen molar-refractivity contribution in [3.05, 3.63) is 72.1 Å². The van der Waals surface area contributed by atoms with Gasteiger partial charge in [0.05, 0.1) is 17.8 Å². The van der Waals surface area contributed by atoms with E-state index in [1.54, 1.807) is 0 Å². The molecule has 0 amide bonds. The van der Waals surface area contributed by atoms with Crippen molar-refractivity contribution in [2.75, 3.05) is 0 Å². The van der Waals surface area contributed by atoms with Crippen molar-refractivity contribution in [1.29, 1.82) is 0 Å². The normalized spacial score (nSPS) is 31.8. The lowest BCUT2D eigenvalue weighted by molar-refractivity contribution is -0.0254. The Hall–Kier alpha value is -2.27. The highest BCUT2D eigenvalue weighted by Gasteiger charge is 2.42.